The fourth-order valence-electron chi connectivity index (χ4n) is 3.60. The minimum absolute atomic E-state index is 0.0771. The molecule has 4 heteroatoms. The van der Waals surface area contributed by atoms with E-state index in [4.69, 9.17) is 9.47 Å². The Morgan fingerprint density at radius 1 is 1.41 bits per heavy atom. The molecular weight excluding hydrogens is 278 g/mol. The molecule has 0 bridgehead atoms. The van der Waals surface area contributed by atoms with Crippen molar-refractivity contribution >= 4 is 5.91 Å². The van der Waals surface area contributed by atoms with E-state index < -0.39 is 0 Å². The van der Waals surface area contributed by atoms with Crippen LogP contribution in [0.4, 0.5) is 0 Å². The van der Waals surface area contributed by atoms with Gasteiger partial charge in [0.15, 0.2) is 0 Å². The third-order valence-electron chi connectivity index (χ3n) is 4.98. The van der Waals surface area contributed by atoms with E-state index in [1.54, 1.807) is 7.11 Å². The van der Waals surface area contributed by atoms with Crippen molar-refractivity contribution in [2.75, 3.05) is 26.8 Å². The Labute approximate surface area is 132 Å². The maximum atomic E-state index is 12.6. The van der Waals surface area contributed by atoms with Gasteiger partial charge in [-0.1, -0.05) is 25.5 Å². The normalized spacial score (nSPS) is 27.7. The van der Waals surface area contributed by atoms with Crippen molar-refractivity contribution in [2.24, 2.45) is 5.92 Å². The summed E-state index contributed by atoms with van der Waals surface area (Å²) in [5.74, 6) is 0.771. The van der Waals surface area contributed by atoms with Gasteiger partial charge in [0.05, 0.1) is 25.4 Å². The van der Waals surface area contributed by atoms with E-state index in [-0.39, 0.29) is 11.5 Å². The maximum Gasteiger partial charge on any atom is 0.253 e. The highest BCUT2D eigenvalue weighted by Crippen LogP contribution is 2.39. The lowest BCUT2D eigenvalue weighted by molar-refractivity contribution is 0.0116. The van der Waals surface area contributed by atoms with Crippen LogP contribution in [0.5, 0.6) is 0 Å². The Hall–Kier alpha value is -1.39. The molecule has 0 radical (unpaired) electrons. The minimum Gasteiger partial charge on any atom is -0.380 e. The molecule has 2 aliphatic heterocycles. The van der Waals surface area contributed by atoms with Gasteiger partial charge >= 0.3 is 0 Å². The molecule has 0 N–H and O–H groups in total. The summed E-state index contributed by atoms with van der Waals surface area (Å²) < 4.78 is 11.2. The van der Waals surface area contributed by atoms with E-state index in [0.717, 1.165) is 50.1 Å². The van der Waals surface area contributed by atoms with Crippen molar-refractivity contribution in [1.82, 2.24) is 4.90 Å². The Morgan fingerprint density at radius 2 is 2.18 bits per heavy atom. The van der Waals surface area contributed by atoms with Crippen LogP contribution in [0.3, 0.4) is 0 Å². The lowest BCUT2D eigenvalue weighted by Crippen LogP contribution is -2.35. The van der Waals surface area contributed by atoms with Gasteiger partial charge in [0, 0.05) is 19.2 Å². The number of hydrogen-bond acceptors (Lipinski definition) is 3. The summed E-state index contributed by atoms with van der Waals surface area (Å²) in [4.78, 5) is 14.6. The SMILES string of the molecule is CCC1COC2(CCN(C(=O)c3ccc(COC)cc3)C2)C1. The van der Waals surface area contributed by atoms with Crippen molar-refractivity contribution in [1.29, 1.82) is 0 Å². The Kier molecular flexibility index (Phi) is 4.50. The highest BCUT2D eigenvalue weighted by molar-refractivity contribution is 5.94. The summed E-state index contributed by atoms with van der Waals surface area (Å²) in [6.07, 6.45) is 3.23. The standard InChI is InChI=1S/C18H25NO3/c1-3-14-10-18(22-12-14)8-9-19(13-18)17(20)16-6-4-15(5-7-16)11-21-2/h4-7,14H,3,8-13H2,1-2H3. The number of benzene rings is 1. The molecule has 2 fully saturated rings. The van der Waals surface area contributed by atoms with E-state index in [9.17, 15) is 4.79 Å². The summed E-state index contributed by atoms with van der Waals surface area (Å²) in [5.41, 5.74) is 1.76. The van der Waals surface area contributed by atoms with Crippen LogP contribution < -0.4 is 0 Å². The zero-order chi connectivity index (χ0) is 15.6. The number of carbonyl (C=O) groups excluding carboxylic acids is 1. The Bertz CT molecular complexity index is 528. The third-order valence-corrected chi connectivity index (χ3v) is 4.98. The molecular formula is C18H25NO3. The number of methoxy groups -OCH3 is 1. The van der Waals surface area contributed by atoms with Crippen LogP contribution in [0.15, 0.2) is 24.3 Å². The molecule has 2 saturated heterocycles. The van der Waals surface area contributed by atoms with Crippen LogP contribution in [0, 0.1) is 5.92 Å². The number of hydrogen-bond donors (Lipinski definition) is 0. The summed E-state index contributed by atoms with van der Waals surface area (Å²) in [6, 6.07) is 7.71. The van der Waals surface area contributed by atoms with Gasteiger partial charge < -0.3 is 14.4 Å². The lowest BCUT2D eigenvalue weighted by Gasteiger charge is -2.23. The molecule has 0 saturated carbocycles. The number of amides is 1. The molecule has 4 nitrogen and oxygen atoms in total. The highest BCUT2D eigenvalue weighted by Gasteiger charge is 2.46. The van der Waals surface area contributed by atoms with Gasteiger partial charge in [-0.25, -0.2) is 0 Å². The summed E-state index contributed by atoms with van der Waals surface area (Å²) in [5, 5.41) is 0. The van der Waals surface area contributed by atoms with Gasteiger partial charge in [0.1, 0.15) is 0 Å². The molecule has 2 unspecified atom stereocenters. The number of likely N-dealkylation sites (tertiary alicyclic amines) is 1. The smallest absolute Gasteiger partial charge is 0.253 e. The molecule has 1 aromatic rings. The first-order valence-electron chi connectivity index (χ1n) is 8.17. The second kappa shape index (κ2) is 6.39. The van der Waals surface area contributed by atoms with Crippen LogP contribution in [-0.4, -0.2) is 43.2 Å². The topological polar surface area (TPSA) is 38.8 Å². The largest absolute Gasteiger partial charge is 0.380 e. The Balaban J connectivity index is 1.64. The Morgan fingerprint density at radius 3 is 2.82 bits per heavy atom. The summed E-state index contributed by atoms with van der Waals surface area (Å²) in [6.45, 7) is 5.18. The van der Waals surface area contributed by atoms with Crippen molar-refractivity contribution in [3.8, 4) is 0 Å². The van der Waals surface area contributed by atoms with Crippen molar-refractivity contribution < 1.29 is 14.3 Å². The maximum absolute atomic E-state index is 12.6. The van der Waals surface area contributed by atoms with Crippen LogP contribution in [0.25, 0.3) is 0 Å². The monoisotopic (exact) mass is 303 g/mol. The number of nitrogens with zero attached hydrogens (tertiary/aromatic N) is 1. The number of rotatable bonds is 4. The van der Waals surface area contributed by atoms with E-state index in [0.29, 0.717) is 12.5 Å². The minimum atomic E-state index is -0.0771. The second-order valence-electron chi connectivity index (χ2n) is 6.58. The molecule has 0 aromatic heterocycles. The van der Waals surface area contributed by atoms with Gasteiger partial charge in [0.2, 0.25) is 0 Å². The molecule has 1 spiro atoms. The van der Waals surface area contributed by atoms with Gasteiger partial charge in [0.25, 0.3) is 5.91 Å². The van der Waals surface area contributed by atoms with Gasteiger partial charge in [-0.3, -0.25) is 4.79 Å². The summed E-state index contributed by atoms with van der Waals surface area (Å²) in [7, 11) is 1.67. The quantitative estimate of drug-likeness (QED) is 0.858. The molecule has 1 aromatic carbocycles. The van der Waals surface area contributed by atoms with E-state index in [2.05, 4.69) is 6.92 Å². The molecule has 120 valence electrons. The van der Waals surface area contributed by atoms with Crippen LogP contribution >= 0.6 is 0 Å². The fraction of sp³-hybridized carbons (Fsp3) is 0.611. The number of ether oxygens (including phenoxy) is 2. The van der Waals surface area contributed by atoms with E-state index >= 15 is 0 Å². The molecule has 2 atom stereocenters. The predicted octanol–water partition coefficient (Wildman–Crippen LogP) is 2.86. The second-order valence-corrected chi connectivity index (χ2v) is 6.58. The van der Waals surface area contributed by atoms with E-state index in [1.165, 1.54) is 0 Å². The average Bonchev–Trinajstić information content (AvgIpc) is 3.15. The summed E-state index contributed by atoms with van der Waals surface area (Å²) >= 11 is 0. The number of carbonyl (C=O) groups is 1. The van der Waals surface area contributed by atoms with Crippen molar-refractivity contribution in [3.63, 3.8) is 0 Å². The van der Waals surface area contributed by atoms with E-state index in [1.807, 2.05) is 29.2 Å². The zero-order valence-corrected chi connectivity index (χ0v) is 13.5. The molecule has 0 aliphatic carbocycles. The molecule has 22 heavy (non-hydrogen) atoms. The highest BCUT2D eigenvalue weighted by atomic mass is 16.5. The van der Waals surface area contributed by atoms with Gasteiger partial charge in [-0.2, -0.15) is 0 Å². The van der Waals surface area contributed by atoms with Crippen molar-refractivity contribution in [3.05, 3.63) is 35.4 Å². The van der Waals surface area contributed by atoms with Crippen LogP contribution in [0.2, 0.25) is 0 Å². The fourth-order valence-corrected chi connectivity index (χ4v) is 3.60. The first kappa shape index (κ1) is 15.5. The molecule has 1 amide bonds. The lowest BCUT2D eigenvalue weighted by atomic mass is 9.92. The predicted molar refractivity (Wildman–Crippen MR) is 84.8 cm³/mol. The average molecular weight is 303 g/mol. The first-order chi connectivity index (χ1) is 10.7. The van der Waals surface area contributed by atoms with Gasteiger partial charge in [-0.15, -0.1) is 0 Å². The zero-order valence-electron chi connectivity index (χ0n) is 13.5. The van der Waals surface area contributed by atoms with Crippen molar-refractivity contribution in [2.45, 2.75) is 38.4 Å². The van der Waals surface area contributed by atoms with Gasteiger partial charge in [-0.05, 0) is 36.5 Å². The molecule has 2 aliphatic rings. The third kappa shape index (κ3) is 3.03. The van der Waals surface area contributed by atoms with Crippen LogP contribution in [0.1, 0.15) is 42.1 Å². The molecule has 3 rings (SSSR count). The molecule has 2 heterocycles. The van der Waals surface area contributed by atoms with Crippen LogP contribution in [-0.2, 0) is 16.1 Å². The first-order valence-corrected chi connectivity index (χ1v) is 8.17.